The van der Waals surface area contributed by atoms with Crippen molar-refractivity contribution in [2.75, 3.05) is 5.73 Å². The summed E-state index contributed by atoms with van der Waals surface area (Å²) in [5.74, 6) is 6.10. The van der Waals surface area contributed by atoms with Crippen LogP contribution in [-0.2, 0) is 6.18 Å². The molecular formula is C19H12F3N3. The first-order chi connectivity index (χ1) is 11.9. The number of nitrogens with zero attached hydrogens (tertiary/aromatic N) is 2. The number of benzene rings is 1. The van der Waals surface area contributed by atoms with Gasteiger partial charge in [-0.1, -0.05) is 30.2 Å². The van der Waals surface area contributed by atoms with E-state index in [4.69, 9.17) is 5.73 Å². The van der Waals surface area contributed by atoms with Crippen molar-refractivity contribution in [2.45, 2.75) is 6.18 Å². The van der Waals surface area contributed by atoms with Crippen LogP contribution in [-0.4, -0.2) is 9.97 Å². The van der Waals surface area contributed by atoms with E-state index in [2.05, 4.69) is 21.8 Å². The molecule has 0 saturated carbocycles. The highest BCUT2D eigenvalue weighted by molar-refractivity contribution is 5.67. The zero-order valence-corrected chi connectivity index (χ0v) is 12.9. The molecule has 2 N–H and O–H groups in total. The van der Waals surface area contributed by atoms with E-state index in [9.17, 15) is 13.2 Å². The molecule has 124 valence electrons. The summed E-state index contributed by atoms with van der Waals surface area (Å²) in [4.78, 5) is 7.59. The van der Waals surface area contributed by atoms with E-state index in [0.717, 1.165) is 17.8 Å². The first kappa shape index (κ1) is 16.5. The minimum atomic E-state index is -4.47. The second kappa shape index (κ2) is 6.65. The molecule has 0 amide bonds. The third-order valence-electron chi connectivity index (χ3n) is 3.34. The van der Waals surface area contributed by atoms with E-state index in [-0.39, 0.29) is 5.82 Å². The first-order valence-corrected chi connectivity index (χ1v) is 7.30. The Balaban J connectivity index is 1.93. The van der Waals surface area contributed by atoms with Crippen LogP contribution in [0.4, 0.5) is 19.0 Å². The van der Waals surface area contributed by atoms with Crippen molar-refractivity contribution in [3.63, 3.8) is 0 Å². The standard InChI is InChI=1S/C19H12F3N3/c20-19(21,22)17-9-7-14(12-24-17)15-10-16(25-18(23)11-15)8-6-13-4-2-1-3-5-13/h1-5,7,9-12H,(H2,23,25). The van der Waals surface area contributed by atoms with Crippen LogP contribution in [0.25, 0.3) is 11.1 Å². The smallest absolute Gasteiger partial charge is 0.384 e. The summed E-state index contributed by atoms with van der Waals surface area (Å²) in [5.41, 5.74) is 7.20. The number of nitrogen functional groups attached to an aromatic ring is 1. The molecule has 0 bridgehead atoms. The molecule has 0 aliphatic carbocycles. The summed E-state index contributed by atoms with van der Waals surface area (Å²) in [5, 5.41) is 0. The van der Waals surface area contributed by atoms with Crippen LogP contribution in [0.3, 0.4) is 0 Å². The van der Waals surface area contributed by atoms with Gasteiger partial charge < -0.3 is 5.73 Å². The summed E-state index contributed by atoms with van der Waals surface area (Å²) in [6, 6.07) is 14.9. The zero-order chi connectivity index (χ0) is 17.9. The van der Waals surface area contributed by atoms with Gasteiger partial charge >= 0.3 is 6.18 Å². The normalized spacial score (nSPS) is 10.8. The van der Waals surface area contributed by atoms with E-state index >= 15 is 0 Å². The van der Waals surface area contributed by atoms with Gasteiger partial charge in [-0.3, -0.25) is 4.98 Å². The first-order valence-electron chi connectivity index (χ1n) is 7.30. The second-order valence-corrected chi connectivity index (χ2v) is 5.21. The fraction of sp³-hybridized carbons (Fsp3) is 0.0526. The Morgan fingerprint density at radius 1 is 0.880 bits per heavy atom. The largest absolute Gasteiger partial charge is 0.433 e. The van der Waals surface area contributed by atoms with Gasteiger partial charge in [0.15, 0.2) is 0 Å². The van der Waals surface area contributed by atoms with E-state index in [1.54, 1.807) is 12.1 Å². The van der Waals surface area contributed by atoms with Crippen molar-refractivity contribution in [3.05, 3.63) is 77.7 Å². The molecule has 3 nitrogen and oxygen atoms in total. The van der Waals surface area contributed by atoms with Crippen molar-refractivity contribution in [1.29, 1.82) is 0 Å². The topological polar surface area (TPSA) is 51.8 Å². The van der Waals surface area contributed by atoms with Gasteiger partial charge in [0.2, 0.25) is 0 Å². The lowest BCUT2D eigenvalue weighted by Crippen LogP contribution is -2.07. The predicted octanol–water partition coefficient (Wildman–Crippen LogP) is 4.14. The van der Waals surface area contributed by atoms with E-state index < -0.39 is 11.9 Å². The van der Waals surface area contributed by atoms with Gasteiger partial charge in [0.1, 0.15) is 17.2 Å². The third kappa shape index (κ3) is 4.15. The van der Waals surface area contributed by atoms with Crippen LogP contribution in [0.2, 0.25) is 0 Å². The number of alkyl halides is 3. The molecule has 2 aromatic heterocycles. The van der Waals surface area contributed by atoms with Crippen LogP contribution in [0.5, 0.6) is 0 Å². The highest BCUT2D eigenvalue weighted by atomic mass is 19.4. The summed E-state index contributed by atoms with van der Waals surface area (Å²) in [7, 11) is 0. The Morgan fingerprint density at radius 3 is 2.28 bits per heavy atom. The molecule has 3 aromatic rings. The molecule has 0 spiro atoms. The lowest BCUT2D eigenvalue weighted by molar-refractivity contribution is -0.141. The number of nitrogens with two attached hydrogens (primary N) is 1. The lowest BCUT2D eigenvalue weighted by Gasteiger charge is -2.07. The van der Waals surface area contributed by atoms with Gasteiger partial charge in [0, 0.05) is 17.3 Å². The fourth-order valence-electron chi connectivity index (χ4n) is 2.17. The van der Waals surface area contributed by atoms with E-state index in [1.807, 2.05) is 30.3 Å². The molecule has 0 unspecified atom stereocenters. The average Bonchev–Trinajstić information content (AvgIpc) is 2.60. The molecular weight excluding hydrogens is 327 g/mol. The fourth-order valence-corrected chi connectivity index (χ4v) is 2.17. The molecule has 0 saturated heterocycles. The second-order valence-electron chi connectivity index (χ2n) is 5.21. The number of pyridine rings is 2. The summed E-state index contributed by atoms with van der Waals surface area (Å²) < 4.78 is 37.8. The number of anilines is 1. The van der Waals surface area contributed by atoms with Crippen LogP contribution in [0.15, 0.2) is 60.8 Å². The van der Waals surface area contributed by atoms with Gasteiger partial charge in [-0.25, -0.2) is 4.98 Å². The highest BCUT2D eigenvalue weighted by Gasteiger charge is 2.32. The van der Waals surface area contributed by atoms with Gasteiger partial charge in [0.05, 0.1) is 0 Å². The number of hydrogen-bond acceptors (Lipinski definition) is 3. The van der Waals surface area contributed by atoms with E-state index in [1.165, 1.54) is 6.07 Å². The Morgan fingerprint density at radius 2 is 1.64 bits per heavy atom. The van der Waals surface area contributed by atoms with E-state index in [0.29, 0.717) is 16.8 Å². The minimum absolute atomic E-state index is 0.231. The molecule has 0 aliphatic rings. The molecule has 0 atom stereocenters. The van der Waals surface area contributed by atoms with Crippen LogP contribution < -0.4 is 5.73 Å². The summed E-state index contributed by atoms with van der Waals surface area (Å²) >= 11 is 0. The quantitative estimate of drug-likeness (QED) is 0.678. The maximum absolute atomic E-state index is 12.6. The Hall–Kier alpha value is -3.33. The Labute approximate surface area is 142 Å². The predicted molar refractivity (Wildman–Crippen MR) is 89.3 cm³/mol. The maximum atomic E-state index is 12.6. The van der Waals surface area contributed by atoms with Crippen LogP contribution in [0, 0.1) is 11.8 Å². The van der Waals surface area contributed by atoms with Gasteiger partial charge in [-0.05, 0) is 41.8 Å². The molecule has 25 heavy (non-hydrogen) atoms. The molecule has 0 aliphatic heterocycles. The number of aromatic nitrogens is 2. The minimum Gasteiger partial charge on any atom is -0.384 e. The number of rotatable bonds is 1. The Kier molecular flexibility index (Phi) is 4.40. The zero-order valence-electron chi connectivity index (χ0n) is 12.9. The van der Waals surface area contributed by atoms with Crippen molar-refractivity contribution in [1.82, 2.24) is 9.97 Å². The summed E-state index contributed by atoms with van der Waals surface area (Å²) in [6.45, 7) is 0. The van der Waals surface area contributed by atoms with Crippen molar-refractivity contribution in [3.8, 4) is 23.0 Å². The third-order valence-corrected chi connectivity index (χ3v) is 3.34. The Bertz CT molecular complexity index is 938. The molecule has 0 fully saturated rings. The van der Waals surface area contributed by atoms with Gasteiger partial charge in [-0.15, -0.1) is 0 Å². The molecule has 3 rings (SSSR count). The number of hydrogen-bond donors (Lipinski definition) is 1. The molecule has 0 radical (unpaired) electrons. The van der Waals surface area contributed by atoms with Crippen LogP contribution >= 0.6 is 0 Å². The van der Waals surface area contributed by atoms with Crippen molar-refractivity contribution < 1.29 is 13.2 Å². The average molecular weight is 339 g/mol. The number of halogens is 3. The highest BCUT2D eigenvalue weighted by Crippen LogP contribution is 2.29. The van der Waals surface area contributed by atoms with Crippen molar-refractivity contribution in [2.24, 2.45) is 0 Å². The summed E-state index contributed by atoms with van der Waals surface area (Å²) in [6.07, 6.45) is -3.31. The molecule has 6 heteroatoms. The van der Waals surface area contributed by atoms with Crippen molar-refractivity contribution >= 4 is 5.82 Å². The molecule has 2 heterocycles. The van der Waals surface area contributed by atoms with Gasteiger partial charge in [0.25, 0.3) is 0 Å². The maximum Gasteiger partial charge on any atom is 0.433 e. The van der Waals surface area contributed by atoms with Crippen LogP contribution in [0.1, 0.15) is 17.0 Å². The van der Waals surface area contributed by atoms with Gasteiger partial charge in [-0.2, -0.15) is 13.2 Å². The SMILES string of the molecule is Nc1cc(-c2ccc(C(F)(F)F)nc2)cc(C#Cc2ccccc2)n1. The monoisotopic (exact) mass is 339 g/mol. The molecule has 1 aromatic carbocycles. The lowest BCUT2D eigenvalue weighted by atomic mass is 10.1.